The molecular formula is C22H22N4O5S. The van der Waals surface area contributed by atoms with Crippen LogP contribution in [0.25, 0.3) is 0 Å². The van der Waals surface area contributed by atoms with E-state index in [1.807, 2.05) is 12.1 Å². The van der Waals surface area contributed by atoms with Gasteiger partial charge < -0.3 is 20.6 Å². The summed E-state index contributed by atoms with van der Waals surface area (Å²) in [6.07, 6.45) is 4.52. The van der Waals surface area contributed by atoms with Crippen LogP contribution >= 0.6 is 0 Å². The van der Waals surface area contributed by atoms with Crippen molar-refractivity contribution in [2.75, 3.05) is 18.2 Å². The molecule has 1 amide bonds. The lowest BCUT2D eigenvalue weighted by Gasteiger charge is -2.08. The van der Waals surface area contributed by atoms with Gasteiger partial charge in [-0.15, -0.1) is 0 Å². The number of nitrogens with zero attached hydrogens (tertiary/aromatic N) is 2. The largest absolute Gasteiger partial charge is 0.489 e. The van der Waals surface area contributed by atoms with E-state index in [2.05, 4.69) is 15.5 Å². The maximum atomic E-state index is 12.0. The standard InChI is InChI=1S/C22H22N4O5S/c1-32(28,29)20-9-7-18(8-10-20)25-21(27)15-31-26-22(23)17-5-2-6-19(12-17)30-14-16-4-3-11-24-13-16/h2-13H,14-15H2,1H3,(H2,23,26)(H,25,27). The predicted molar refractivity (Wildman–Crippen MR) is 120 cm³/mol. The van der Waals surface area contributed by atoms with E-state index in [1.165, 1.54) is 24.3 Å². The number of carbonyl (C=O) groups is 1. The zero-order valence-electron chi connectivity index (χ0n) is 17.3. The van der Waals surface area contributed by atoms with Crippen LogP contribution in [0.15, 0.2) is 83.1 Å². The number of oxime groups is 1. The number of nitrogens with two attached hydrogens (primary N) is 1. The molecule has 3 N–H and O–H groups in total. The molecule has 3 aromatic rings. The third-order valence-electron chi connectivity index (χ3n) is 4.18. The Morgan fingerprint density at radius 3 is 2.59 bits per heavy atom. The highest BCUT2D eigenvalue weighted by Gasteiger charge is 2.08. The van der Waals surface area contributed by atoms with Crippen LogP contribution in [0.2, 0.25) is 0 Å². The van der Waals surface area contributed by atoms with E-state index in [0.29, 0.717) is 23.6 Å². The smallest absolute Gasteiger partial charge is 0.265 e. The highest BCUT2D eigenvalue weighted by atomic mass is 32.2. The number of benzene rings is 2. The Balaban J connectivity index is 1.51. The highest BCUT2D eigenvalue weighted by molar-refractivity contribution is 7.90. The van der Waals surface area contributed by atoms with E-state index < -0.39 is 15.7 Å². The van der Waals surface area contributed by atoms with Crippen molar-refractivity contribution in [3.63, 3.8) is 0 Å². The first-order valence-electron chi connectivity index (χ1n) is 9.49. The number of hydrogen-bond acceptors (Lipinski definition) is 7. The Morgan fingerprint density at radius 1 is 1.12 bits per heavy atom. The van der Waals surface area contributed by atoms with Gasteiger partial charge in [0.25, 0.3) is 5.91 Å². The van der Waals surface area contributed by atoms with E-state index in [-0.39, 0.29) is 17.3 Å². The number of amidine groups is 1. The molecule has 166 valence electrons. The second-order valence-electron chi connectivity index (χ2n) is 6.77. The molecule has 0 fully saturated rings. The third-order valence-corrected chi connectivity index (χ3v) is 5.31. The van der Waals surface area contributed by atoms with Gasteiger partial charge in [0.2, 0.25) is 0 Å². The molecule has 0 saturated carbocycles. The Kier molecular flexibility index (Phi) is 7.40. The molecule has 1 heterocycles. The number of sulfone groups is 1. The molecule has 32 heavy (non-hydrogen) atoms. The van der Waals surface area contributed by atoms with Gasteiger partial charge in [-0.25, -0.2) is 8.42 Å². The molecule has 0 saturated heterocycles. The van der Waals surface area contributed by atoms with Gasteiger partial charge in [0.05, 0.1) is 4.90 Å². The molecule has 2 aromatic carbocycles. The van der Waals surface area contributed by atoms with E-state index in [0.717, 1.165) is 11.8 Å². The lowest BCUT2D eigenvalue weighted by molar-refractivity contribution is -0.120. The van der Waals surface area contributed by atoms with Gasteiger partial charge in [0.1, 0.15) is 12.4 Å². The Morgan fingerprint density at radius 2 is 1.91 bits per heavy atom. The number of aromatic nitrogens is 1. The van der Waals surface area contributed by atoms with Crippen molar-refractivity contribution >= 4 is 27.3 Å². The van der Waals surface area contributed by atoms with Crippen LogP contribution in [0.3, 0.4) is 0 Å². The van der Waals surface area contributed by atoms with Crippen LogP contribution < -0.4 is 15.8 Å². The molecule has 0 spiro atoms. The number of hydrogen-bond donors (Lipinski definition) is 2. The first-order chi connectivity index (χ1) is 15.3. The minimum absolute atomic E-state index is 0.0853. The maximum Gasteiger partial charge on any atom is 0.265 e. The molecule has 3 rings (SSSR count). The van der Waals surface area contributed by atoms with E-state index in [9.17, 15) is 13.2 Å². The minimum atomic E-state index is -3.30. The van der Waals surface area contributed by atoms with Crippen molar-refractivity contribution in [1.82, 2.24) is 4.98 Å². The van der Waals surface area contributed by atoms with Gasteiger partial charge in [-0.05, 0) is 42.5 Å². The average Bonchev–Trinajstić information content (AvgIpc) is 2.78. The summed E-state index contributed by atoms with van der Waals surface area (Å²) in [5.74, 6) is 0.212. The van der Waals surface area contributed by atoms with Gasteiger partial charge >= 0.3 is 0 Å². The SMILES string of the molecule is CS(=O)(=O)c1ccc(NC(=O)CO/N=C(/N)c2cccc(OCc3cccnc3)c2)cc1. The number of pyridine rings is 1. The van der Waals surface area contributed by atoms with Crippen molar-refractivity contribution in [2.24, 2.45) is 10.9 Å². The Bertz CT molecular complexity index is 1200. The number of ether oxygens (including phenoxy) is 1. The quantitative estimate of drug-likeness (QED) is 0.288. The molecule has 0 atom stereocenters. The van der Waals surface area contributed by atoms with E-state index >= 15 is 0 Å². The molecule has 0 unspecified atom stereocenters. The normalized spacial score (nSPS) is 11.6. The van der Waals surface area contributed by atoms with Gasteiger partial charge in [-0.2, -0.15) is 0 Å². The van der Waals surface area contributed by atoms with Gasteiger partial charge in [-0.1, -0.05) is 23.4 Å². The first-order valence-corrected chi connectivity index (χ1v) is 11.4. The predicted octanol–water partition coefficient (Wildman–Crippen LogP) is 2.34. The maximum absolute atomic E-state index is 12.0. The fourth-order valence-electron chi connectivity index (χ4n) is 2.59. The van der Waals surface area contributed by atoms with E-state index in [1.54, 1.807) is 36.7 Å². The zero-order valence-corrected chi connectivity index (χ0v) is 18.1. The van der Waals surface area contributed by atoms with E-state index in [4.69, 9.17) is 15.3 Å². The topological polar surface area (TPSA) is 133 Å². The first kappa shape index (κ1) is 22.8. The summed E-state index contributed by atoms with van der Waals surface area (Å²) in [5.41, 5.74) is 7.87. The van der Waals surface area contributed by atoms with Crippen LogP contribution in [0.4, 0.5) is 5.69 Å². The molecule has 0 aliphatic heterocycles. The van der Waals surface area contributed by atoms with Crippen LogP contribution in [-0.4, -0.2) is 38.0 Å². The molecular weight excluding hydrogens is 432 g/mol. The van der Waals surface area contributed by atoms with Crippen LogP contribution in [-0.2, 0) is 26.1 Å². The van der Waals surface area contributed by atoms with Crippen molar-refractivity contribution in [2.45, 2.75) is 11.5 Å². The molecule has 0 radical (unpaired) electrons. The zero-order chi connectivity index (χ0) is 23.0. The van der Waals surface area contributed by atoms with Crippen molar-refractivity contribution in [3.8, 4) is 5.75 Å². The number of rotatable bonds is 9. The summed E-state index contributed by atoms with van der Waals surface area (Å²) in [6, 6.07) is 16.5. The lowest BCUT2D eigenvalue weighted by atomic mass is 10.2. The minimum Gasteiger partial charge on any atom is -0.489 e. The summed E-state index contributed by atoms with van der Waals surface area (Å²) < 4.78 is 28.7. The monoisotopic (exact) mass is 454 g/mol. The van der Waals surface area contributed by atoms with Crippen molar-refractivity contribution < 1.29 is 22.8 Å². The van der Waals surface area contributed by atoms with Gasteiger partial charge in [0, 0.05) is 35.5 Å². The van der Waals surface area contributed by atoms with Crippen LogP contribution in [0.1, 0.15) is 11.1 Å². The third kappa shape index (κ3) is 6.81. The van der Waals surface area contributed by atoms with Crippen LogP contribution in [0.5, 0.6) is 5.75 Å². The highest BCUT2D eigenvalue weighted by Crippen LogP contribution is 2.16. The number of carbonyl (C=O) groups excluding carboxylic acids is 1. The van der Waals surface area contributed by atoms with Crippen LogP contribution in [0, 0.1) is 0 Å². The fourth-order valence-corrected chi connectivity index (χ4v) is 3.22. The summed E-state index contributed by atoms with van der Waals surface area (Å²) >= 11 is 0. The van der Waals surface area contributed by atoms with Crippen molar-refractivity contribution in [3.05, 3.63) is 84.2 Å². The lowest BCUT2D eigenvalue weighted by Crippen LogP contribution is -2.19. The molecule has 10 heteroatoms. The van der Waals surface area contributed by atoms with Gasteiger partial charge in [0.15, 0.2) is 22.3 Å². The van der Waals surface area contributed by atoms with Gasteiger partial charge in [-0.3, -0.25) is 9.78 Å². The molecule has 0 aliphatic carbocycles. The number of anilines is 1. The summed E-state index contributed by atoms with van der Waals surface area (Å²) in [4.78, 5) is 21.2. The fraction of sp³-hybridized carbons (Fsp3) is 0.136. The molecule has 0 bridgehead atoms. The second kappa shape index (κ2) is 10.4. The summed E-state index contributed by atoms with van der Waals surface area (Å²) in [5, 5.41) is 6.35. The summed E-state index contributed by atoms with van der Waals surface area (Å²) in [7, 11) is -3.30. The second-order valence-corrected chi connectivity index (χ2v) is 8.79. The molecule has 9 nitrogen and oxygen atoms in total. The molecule has 0 aliphatic rings. The molecule has 1 aromatic heterocycles. The average molecular weight is 455 g/mol. The van der Waals surface area contributed by atoms with Crippen molar-refractivity contribution in [1.29, 1.82) is 0 Å². The Labute approximate surface area is 185 Å². The number of nitrogens with one attached hydrogen (secondary N) is 1. The summed E-state index contributed by atoms with van der Waals surface area (Å²) in [6.45, 7) is -0.0120. The Hall–Kier alpha value is -3.92. The number of amides is 1.